The fraction of sp³-hybridized carbons (Fsp3) is 0. The van der Waals surface area contributed by atoms with Gasteiger partial charge in [-0.15, -0.1) is 0 Å². The number of nitrogens with one attached hydrogen (secondary N) is 2. The van der Waals surface area contributed by atoms with E-state index in [0.29, 0.717) is 48.5 Å². The number of rotatable bonds is 9. The third-order valence-corrected chi connectivity index (χ3v) is 7.50. The van der Waals surface area contributed by atoms with Gasteiger partial charge in [-0.2, -0.15) is 0 Å². The Kier molecular flexibility index (Phi) is 49.9. The van der Waals surface area contributed by atoms with Crippen LogP contribution in [0.15, 0.2) is 69.3 Å². The van der Waals surface area contributed by atoms with Crippen LogP contribution in [0.2, 0.25) is 0 Å². The summed E-state index contributed by atoms with van der Waals surface area (Å²) in [4.78, 5) is 43.4. The Morgan fingerprint density at radius 1 is 0.464 bits per heavy atom. The van der Waals surface area contributed by atoms with Crippen molar-refractivity contribution in [3.8, 4) is 0 Å². The van der Waals surface area contributed by atoms with Crippen molar-refractivity contribution < 1.29 is 129 Å². The number of benzene rings is 3. The molecular formula is C21H35N3O27S3Sr2. The van der Waals surface area contributed by atoms with Gasteiger partial charge in [0.1, 0.15) is 30.4 Å². The van der Waals surface area contributed by atoms with Crippen LogP contribution in [0.25, 0.3) is 0 Å². The van der Waals surface area contributed by atoms with E-state index in [4.69, 9.17) is 0 Å². The Hall–Kier alpha value is -2.32. The number of aromatic carboxylic acids is 1. The van der Waals surface area contributed by atoms with E-state index >= 15 is 0 Å². The van der Waals surface area contributed by atoms with Crippen molar-refractivity contribution >= 4 is 156 Å². The molecule has 0 aliphatic carbocycles. The summed E-state index contributed by atoms with van der Waals surface area (Å²) < 4.78 is 103. The van der Waals surface area contributed by atoms with Crippen molar-refractivity contribution in [2.24, 2.45) is 0 Å². The minimum Gasteiger partial charge on any atom is -0.744 e. The van der Waals surface area contributed by atoms with Gasteiger partial charge in [-0.05, 0) is 42.5 Å². The smallest absolute Gasteiger partial charge is 0.744 e. The Balaban J connectivity index is -0.000000138. The molecule has 0 atom stereocenters. The number of carbonyl (C=O) groups excluding carboxylic acids is 3. The average Bonchev–Trinajstić information content (AvgIpc) is 2.86. The van der Waals surface area contributed by atoms with Gasteiger partial charge in [0.05, 0.1) is 25.6 Å². The van der Waals surface area contributed by atoms with Crippen LogP contribution in [0.3, 0.4) is 0 Å². The van der Waals surface area contributed by atoms with Crippen LogP contribution in [0.5, 0.6) is 0 Å². The summed E-state index contributed by atoms with van der Waals surface area (Å²) in [5, 5.41) is 26.3. The molecule has 0 aliphatic rings. The predicted octanol–water partition coefficient (Wildman–Crippen LogP) is -11.5. The second-order valence-electron chi connectivity index (χ2n) is 8.02. The molecule has 0 radical (unpaired) electrons. The number of carboxylic acids is 1. The molecule has 35 heteroatoms. The van der Waals surface area contributed by atoms with Crippen LogP contribution >= 0.6 is 0 Å². The molecule has 3 aromatic rings. The zero-order valence-electron chi connectivity index (χ0n) is 27.4. The normalized spacial score (nSPS) is 8.91. The molecule has 2 amide bonds. The van der Waals surface area contributed by atoms with E-state index in [0.717, 1.165) is 6.07 Å². The summed E-state index contributed by atoms with van der Waals surface area (Å²) >= 11 is 0. The van der Waals surface area contributed by atoms with E-state index in [1.807, 2.05) is 10.6 Å². The molecule has 0 aliphatic heterocycles. The van der Waals surface area contributed by atoms with Crippen LogP contribution in [0.4, 0.5) is 17.1 Å². The molecule has 26 N–H and O–H groups in total. The van der Waals surface area contributed by atoms with Gasteiger partial charge in [-0.25, -0.2) is 25.3 Å². The van der Waals surface area contributed by atoms with Crippen LogP contribution < -0.4 is 15.7 Å². The Morgan fingerprint density at radius 3 is 1.02 bits per heavy atom. The van der Waals surface area contributed by atoms with Crippen LogP contribution in [-0.2, 0) is 30.4 Å². The fourth-order valence-electron chi connectivity index (χ4n) is 3.25. The minimum absolute atomic E-state index is 0. The minimum atomic E-state index is -5.34. The topological polar surface area (TPSA) is 691 Å². The van der Waals surface area contributed by atoms with Gasteiger partial charge in [0.2, 0.25) is 0 Å². The first-order valence-corrected chi connectivity index (χ1v) is 14.7. The summed E-state index contributed by atoms with van der Waals surface area (Å²) in [5.41, 5.74) is -4.53. The number of anilines is 2. The molecule has 0 bridgehead atoms. The summed E-state index contributed by atoms with van der Waals surface area (Å²) in [6.45, 7) is 0. The number of non-ortho nitro benzene ring substituents is 1. The molecule has 3 aromatic carbocycles. The van der Waals surface area contributed by atoms with E-state index in [9.17, 15) is 68.5 Å². The molecule has 0 saturated carbocycles. The monoisotopic (exact) mass is 1030 g/mol. The molecule has 0 spiro atoms. The third-order valence-electron chi connectivity index (χ3n) is 5.06. The molecule has 0 aromatic heterocycles. The van der Waals surface area contributed by atoms with Gasteiger partial charge < -0.3 is 99.9 Å². The Labute approximate surface area is 387 Å². The molecule has 318 valence electrons. The van der Waals surface area contributed by atoms with E-state index in [1.165, 1.54) is 0 Å². The number of hydrogen-bond acceptors (Lipinski definition) is 15. The first-order valence-electron chi connectivity index (χ1n) is 10.5. The van der Waals surface area contributed by atoms with E-state index in [1.54, 1.807) is 0 Å². The summed E-state index contributed by atoms with van der Waals surface area (Å²) in [6.07, 6.45) is 0. The van der Waals surface area contributed by atoms with Crippen molar-refractivity contribution in [3.63, 3.8) is 0 Å². The predicted molar refractivity (Wildman–Crippen MR) is 185 cm³/mol. The van der Waals surface area contributed by atoms with Gasteiger partial charge in [-0.3, -0.25) is 19.7 Å². The molecule has 0 saturated heterocycles. The van der Waals surface area contributed by atoms with Crippen molar-refractivity contribution in [3.05, 3.63) is 81.4 Å². The Bertz CT molecular complexity index is 2030. The molecule has 56 heavy (non-hydrogen) atoms. The van der Waals surface area contributed by atoms with Crippen LogP contribution in [0.1, 0.15) is 31.1 Å². The van der Waals surface area contributed by atoms with Crippen molar-refractivity contribution in [1.82, 2.24) is 0 Å². The standard InChI is InChI=1S/C21H15N3O15S3.12H2O.2Sr/c25-19(23-14-2-12(21(27)28)6-17(8-14)41(34,35)36)10-1-13(7-16(4-10)40(31,32)33)22-20(26)11-3-15(24(29)30)9-18(5-11)42(37,38)39;;;;;;;;;;;;;;/h1-9H,(H,22,26)(H,23,25)(H,27,28)(H,31,32,33)(H,34,35,36)(H,37,38,39);12*1H2;;/q;;;;;;;;;;;;;2*+2/p-4. The van der Waals surface area contributed by atoms with Crippen LogP contribution in [-0.4, -0.2) is 218 Å². The number of carbonyl (C=O) groups is 3. The summed E-state index contributed by atoms with van der Waals surface area (Å²) in [6, 6.07) is 4.92. The van der Waals surface area contributed by atoms with Gasteiger partial charge in [0.25, 0.3) is 17.5 Å². The van der Waals surface area contributed by atoms with Crippen molar-refractivity contribution in [1.29, 1.82) is 0 Å². The second-order valence-corrected chi connectivity index (χ2v) is 12.2. The zero-order valence-corrected chi connectivity index (χ0v) is 36.8. The second kappa shape index (κ2) is 32.6. The molecule has 3 rings (SSSR count). The maximum Gasteiger partial charge on any atom is 2.00 e. The molecule has 0 fully saturated rings. The SMILES string of the molecule is O.O.O.O.O.O.O.O.O.O.O.O.O=C([O-])c1cc(NC(=O)c2cc(NC(=O)c3cc([N+](=O)[O-])cc(S(=O)(=O)[O-])c3)cc(S(=O)(=O)[O-])c2)cc(S(=O)(=O)[O-])c1.[Sr+2].[Sr+2]. The first kappa shape index (κ1) is 85.8. The van der Waals surface area contributed by atoms with E-state index in [2.05, 4.69) is 0 Å². The number of carboxylic acid groups (broad SMARTS) is 1. The largest absolute Gasteiger partial charge is 2.00 e. The maximum absolute atomic E-state index is 12.8. The number of hydrogen-bond donors (Lipinski definition) is 2. The number of amides is 2. The number of nitro groups is 1. The quantitative estimate of drug-likeness (QED) is 0.0870. The van der Waals surface area contributed by atoms with Crippen molar-refractivity contribution in [2.45, 2.75) is 14.7 Å². The summed E-state index contributed by atoms with van der Waals surface area (Å²) in [5.74, 6) is -4.62. The molecule has 0 heterocycles. The van der Waals surface area contributed by atoms with Gasteiger partial charge in [-0.1, -0.05) is 0 Å². The molecule has 30 nitrogen and oxygen atoms in total. The first-order chi connectivity index (χ1) is 19.1. The fourth-order valence-corrected chi connectivity index (χ4v) is 4.87. The van der Waals surface area contributed by atoms with Gasteiger partial charge in [0, 0.05) is 40.2 Å². The number of nitrogens with zero attached hydrogens (tertiary/aromatic N) is 1. The molecular weight excluding hydrogens is 998 g/mol. The van der Waals surface area contributed by atoms with Gasteiger partial charge >= 0.3 is 91.0 Å². The Morgan fingerprint density at radius 2 is 0.732 bits per heavy atom. The maximum atomic E-state index is 12.8. The van der Waals surface area contributed by atoms with E-state index < -0.39 is 102 Å². The number of nitro benzene ring substituents is 1. The summed E-state index contributed by atoms with van der Waals surface area (Å²) in [7, 11) is -15.9. The van der Waals surface area contributed by atoms with Gasteiger partial charge in [0.15, 0.2) is 0 Å². The zero-order chi connectivity index (χ0) is 31.8. The van der Waals surface area contributed by atoms with Crippen molar-refractivity contribution in [2.75, 3.05) is 10.6 Å². The molecule has 0 unspecified atom stereocenters. The third kappa shape index (κ3) is 23.2. The average molecular weight is 1030 g/mol. The van der Waals surface area contributed by atoms with Crippen LogP contribution in [0, 0.1) is 10.1 Å². The van der Waals surface area contributed by atoms with E-state index in [-0.39, 0.29) is 157 Å².